The van der Waals surface area contributed by atoms with Gasteiger partial charge in [0.25, 0.3) is 0 Å². The van der Waals surface area contributed by atoms with E-state index in [1.165, 1.54) is 0 Å². The summed E-state index contributed by atoms with van der Waals surface area (Å²) < 4.78 is 27.5. The van der Waals surface area contributed by atoms with E-state index >= 15 is 0 Å². The Balaban J connectivity index is 2.90. The molecule has 21 heavy (non-hydrogen) atoms. The third-order valence-corrected chi connectivity index (χ3v) is 5.46. The number of benzene rings is 1. The Morgan fingerprint density at radius 1 is 1.29 bits per heavy atom. The molecule has 1 rings (SSSR count). The molecule has 120 valence electrons. The lowest BCUT2D eigenvalue weighted by molar-refractivity contribution is 0.445. The van der Waals surface area contributed by atoms with Crippen molar-refractivity contribution in [2.75, 3.05) is 7.05 Å². The normalized spacial score (nSPS) is 14.9. The quantitative estimate of drug-likeness (QED) is 0.768. The van der Waals surface area contributed by atoms with E-state index in [1.54, 1.807) is 25.2 Å². The molecule has 0 aliphatic heterocycles. The fourth-order valence-electron chi connectivity index (χ4n) is 2.20. The minimum Gasteiger partial charge on any atom is -0.316 e. The molecule has 0 aromatic heterocycles. The average molecular weight is 333 g/mol. The van der Waals surface area contributed by atoms with Gasteiger partial charge in [-0.3, -0.25) is 0 Å². The van der Waals surface area contributed by atoms with Crippen molar-refractivity contribution in [1.29, 1.82) is 0 Å². The Morgan fingerprint density at radius 3 is 2.52 bits per heavy atom. The summed E-state index contributed by atoms with van der Waals surface area (Å²) in [6, 6.07) is 4.70. The highest BCUT2D eigenvalue weighted by atomic mass is 35.5. The van der Waals surface area contributed by atoms with Crippen molar-refractivity contribution >= 4 is 21.6 Å². The first-order valence-electron chi connectivity index (χ1n) is 7.25. The van der Waals surface area contributed by atoms with Crippen molar-refractivity contribution in [2.24, 2.45) is 5.92 Å². The molecular formula is C15H25ClN2O2S. The lowest BCUT2D eigenvalue weighted by atomic mass is 10.0. The van der Waals surface area contributed by atoms with Crippen LogP contribution in [0.5, 0.6) is 0 Å². The van der Waals surface area contributed by atoms with E-state index < -0.39 is 10.0 Å². The second kappa shape index (κ2) is 8.13. The topological polar surface area (TPSA) is 58.2 Å². The van der Waals surface area contributed by atoms with Crippen molar-refractivity contribution in [3.8, 4) is 0 Å². The molecule has 0 spiro atoms. The number of hydrogen-bond donors (Lipinski definition) is 2. The number of halogens is 1. The van der Waals surface area contributed by atoms with Gasteiger partial charge in [0.05, 0.1) is 4.90 Å². The molecule has 2 atom stereocenters. The third-order valence-electron chi connectivity index (χ3n) is 3.50. The van der Waals surface area contributed by atoms with Gasteiger partial charge < -0.3 is 5.32 Å². The maximum absolute atomic E-state index is 12.4. The smallest absolute Gasteiger partial charge is 0.240 e. The Bertz CT molecular complexity index is 561. The molecule has 6 heteroatoms. The predicted molar refractivity (Wildman–Crippen MR) is 88.1 cm³/mol. The summed E-state index contributed by atoms with van der Waals surface area (Å²) in [5.74, 6) is 0.493. The largest absolute Gasteiger partial charge is 0.316 e. The van der Waals surface area contributed by atoms with Crippen LogP contribution < -0.4 is 10.0 Å². The molecule has 2 unspecified atom stereocenters. The molecule has 0 saturated heterocycles. The van der Waals surface area contributed by atoms with Gasteiger partial charge in [-0.05, 0) is 50.1 Å². The molecule has 0 saturated carbocycles. The number of nitrogens with one attached hydrogen (secondary N) is 2. The third kappa shape index (κ3) is 5.58. The summed E-state index contributed by atoms with van der Waals surface area (Å²) in [6.07, 6.45) is 1.87. The Morgan fingerprint density at radius 2 is 1.95 bits per heavy atom. The van der Waals surface area contributed by atoms with Crippen molar-refractivity contribution in [3.63, 3.8) is 0 Å². The van der Waals surface area contributed by atoms with Gasteiger partial charge in [-0.1, -0.05) is 31.9 Å². The van der Waals surface area contributed by atoms with Crippen molar-refractivity contribution in [3.05, 3.63) is 28.8 Å². The molecule has 4 nitrogen and oxygen atoms in total. The van der Waals surface area contributed by atoms with Crippen LogP contribution in [0.1, 0.15) is 39.2 Å². The van der Waals surface area contributed by atoms with Gasteiger partial charge in [0.15, 0.2) is 0 Å². The average Bonchev–Trinajstić information content (AvgIpc) is 2.40. The zero-order valence-corrected chi connectivity index (χ0v) is 14.7. The molecule has 0 aliphatic rings. The first kappa shape index (κ1) is 18.4. The molecule has 0 bridgehead atoms. The van der Waals surface area contributed by atoms with Crippen LogP contribution in [0.15, 0.2) is 23.1 Å². The van der Waals surface area contributed by atoms with Gasteiger partial charge in [0.1, 0.15) is 0 Å². The molecule has 1 aromatic carbocycles. The van der Waals surface area contributed by atoms with E-state index in [4.69, 9.17) is 11.6 Å². The SMILES string of the molecule is CCC(C)CC(C)NS(=O)(=O)c1ccc(Cl)c(CNC)c1. The van der Waals surface area contributed by atoms with E-state index in [2.05, 4.69) is 23.9 Å². The van der Waals surface area contributed by atoms with Crippen LogP contribution in [0.3, 0.4) is 0 Å². The summed E-state index contributed by atoms with van der Waals surface area (Å²) in [6.45, 7) is 6.66. The van der Waals surface area contributed by atoms with Crippen LogP contribution in [0.25, 0.3) is 0 Å². The zero-order chi connectivity index (χ0) is 16.0. The van der Waals surface area contributed by atoms with Crippen LogP contribution in [-0.2, 0) is 16.6 Å². The second-order valence-electron chi connectivity index (χ2n) is 5.56. The molecule has 0 fully saturated rings. The molecule has 0 aliphatic carbocycles. The summed E-state index contributed by atoms with van der Waals surface area (Å²) in [4.78, 5) is 0.258. The standard InChI is InChI=1S/C15H25ClN2O2S/c1-5-11(2)8-12(3)18-21(19,20)14-6-7-15(16)13(9-14)10-17-4/h6-7,9,11-12,17-18H,5,8,10H2,1-4H3. The van der Waals surface area contributed by atoms with Crippen LogP contribution in [0, 0.1) is 5.92 Å². The number of sulfonamides is 1. The first-order valence-corrected chi connectivity index (χ1v) is 9.11. The van der Waals surface area contributed by atoms with E-state index in [0.29, 0.717) is 17.5 Å². The summed E-state index contributed by atoms with van der Waals surface area (Å²) >= 11 is 6.06. The number of hydrogen-bond acceptors (Lipinski definition) is 3. The lowest BCUT2D eigenvalue weighted by Crippen LogP contribution is -2.33. The number of rotatable bonds is 8. The van der Waals surface area contributed by atoms with Gasteiger partial charge in [-0.2, -0.15) is 0 Å². The zero-order valence-electron chi connectivity index (χ0n) is 13.1. The first-order chi connectivity index (χ1) is 9.80. The highest BCUT2D eigenvalue weighted by Gasteiger charge is 2.19. The minimum absolute atomic E-state index is 0.0895. The Kier molecular flexibility index (Phi) is 7.13. The lowest BCUT2D eigenvalue weighted by Gasteiger charge is -2.18. The fourth-order valence-corrected chi connectivity index (χ4v) is 3.69. The van der Waals surface area contributed by atoms with E-state index in [-0.39, 0.29) is 10.9 Å². The molecule has 0 radical (unpaired) electrons. The Labute approximate surface area is 133 Å². The maximum atomic E-state index is 12.4. The van der Waals surface area contributed by atoms with Crippen LogP contribution >= 0.6 is 11.6 Å². The van der Waals surface area contributed by atoms with Crippen molar-refractivity contribution in [1.82, 2.24) is 10.0 Å². The summed E-state index contributed by atoms with van der Waals surface area (Å²) in [5.41, 5.74) is 0.775. The molecule has 1 aromatic rings. The van der Waals surface area contributed by atoms with Gasteiger partial charge in [-0.25, -0.2) is 13.1 Å². The van der Waals surface area contributed by atoms with E-state index in [1.807, 2.05) is 6.92 Å². The van der Waals surface area contributed by atoms with Gasteiger partial charge in [0.2, 0.25) is 10.0 Å². The maximum Gasteiger partial charge on any atom is 0.240 e. The fraction of sp³-hybridized carbons (Fsp3) is 0.600. The van der Waals surface area contributed by atoms with Crippen LogP contribution in [-0.4, -0.2) is 21.5 Å². The summed E-state index contributed by atoms with van der Waals surface area (Å²) in [5, 5.41) is 3.54. The van der Waals surface area contributed by atoms with Gasteiger partial charge >= 0.3 is 0 Å². The second-order valence-corrected chi connectivity index (χ2v) is 7.68. The van der Waals surface area contributed by atoms with E-state index in [9.17, 15) is 8.42 Å². The van der Waals surface area contributed by atoms with Crippen molar-refractivity contribution in [2.45, 2.75) is 51.1 Å². The molecule has 0 amide bonds. The molecule has 2 N–H and O–H groups in total. The monoisotopic (exact) mass is 332 g/mol. The van der Waals surface area contributed by atoms with Crippen molar-refractivity contribution < 1.29 is 8.42 Å². The van der Waals surface area contributed by atoms with Gasteiger partial charge in [0, 0.05) is 17.6 Å². The van der Waals surface area contributed by atoms with Gasteiger partial charge in [-0.15, -0.1) is 0 Å². The van der Waals surface area contributed by atoms with Crippen LogP contribution in [0.4, 0.5) is 0 Å². The van der Waals surface area contributed by atoms with Crippen LogP contribution in [0.2, 0.25) is 5.02 Å². The Hall–Kier alpha value is -0.620. The molecule has 0 heterocycles. The molecular weight excluding hydrogens is 308 g/mol. The predicted octanol–water partition coefficient (Wildman–Crippen LogP) is 3.16. The highest BCUT2D eigenvalue weighted by molar-refractivity contribution is 7.89. The van der Waals surface area contributed by atoms with E-state index in [0.717, 1.165) is 18.4 Å². The highest BCUT2D eigenvalue weighted by Crippen LogP contribution is 2.21. The minimum atomic E-state index is -3.51. The summed E-state index contributed by atoms with van der Waals surface area (Å²) in [7, 11) is -1.71.